The van der Waals surface area contributed by atoms with Gasteiger partial charge in [-0.25, -0.2) is 17.9 Å². The van der Waals surface area contributed by atoms with Crippen LogP contribution in [-0.4, -0.2) is 32.5 Å². The van der Waals surface area contributed by atoms with Crippen LogP contribution in [0.4, 0.5) is 0 Å². The number of rotatable bonds is 7. The number of sulfonamides is 1. The molecule has 1 aromatic heterocycles. The van der Waals surface area contributed by atoms with Gasteiger partial charge in [-0.1, -0.05) is 24.3 Å². The summed E-state index contributed by atoms with van der Waals surface area (Å²) in [6, 6.07) is 15.4. The standard InChI is InChI=1S/C20H20N2O4S/c1-2-26-20(23)17-8-10-18(11-9-17)27(24,25)22-14-12-16-6-3-5-15-7-4-13-21-19(15)16/h3-11,13,22H,2,12,14H2,1H3. The highest BCUT2D eigenvalue weighted by Gasteiger charge is 2.15. The predicted molar refractivity (Wildman–Crippen MR) is 103 cm³/mol. The molecule has 3 aromatic rings. The lowest BCUT2D eigenvalue weighted by atomic mass is 10.1. The van der Waals surface area contributed by atoms with Crippen molar-refractivity contribution in [1.82, 2.24) is 9.71 Å². The maximum Gasteiger partial charge on any atom is 0.338 e. The fraction of sp³-hybridized carbons (Fsp3) is 0.200. The molecule has 140 valence electrons. The number of pyridine rings is 1. The van der Waals surface area contributed by atoms with E-state index in [1.807, 2.05) is 30.3 Å². The summed E-state index contributed by atoms with van der Waals surface area (Å²) in [4.78, 5) is 16.1. The summed E-state index contributed by atoms with van der Waals surface area (Å²) >= 11 is 0. The van der Waals surface area contributed by atoms with E-state index < -0.39 is 16.0 Å². The quantitative estimate of drug-likeness (QED) is 0.633. The smallest absolute Gasteiger partial charge is 0.338 e. The summed E-state index contributed by atoms with van der Waals surface area (Å²) in [7, 11) is -3.66. The summed E-state index contributed by atoms with van der Waals surface area (Å²) in [5.74, 6) is -0.474. The number of nitrogens with zero attached hydrogens (tertiary/aromatic N) is 1. The Morgan fingerprint density at radius 2 is 1.81 bits per heavy atom. The van der Waals surface area contributed by atoms with Gasteiger partial charge in [-0.05, 0) is 49.2 Å². The Bertz CT molecular complexity index is 1040. The Kier molecular flexibility index (Phi) is 5.83. The van der Waals surface area contributed by atoms with Gasteiger partial charge < -0.3 is 4.74 Å². The SMILES string of the molecule is CCOC(=O)c1ccc(S(=O)(=O)NCCc2cccc3cccnc23)cc1. The lowest BCUT2D eigenvalue weighted by molar-refractivity contribution is 0.0526. The number of carbonyl (C=O) groups excluding carboxylic acids is 1. The minimum Gasteiger partial charge on any atom is -0.462 e. The molecule has 0 amide bonds. The molecule has 0 unspecified atom stereocenters. The number of fused-ring (bicyclic) bond motifs is 1. The fourth-order valence-electron chi connectivity index (χ4n) is 2.76. The molecular weight excluding hydrogens is 364 g/mol. The number of para-hydroxylation sites is 1. The number of hydrogen-bond acceptors (Lipinski definition) is 5. The average Bonchev–Trinajstić information content (AvgIpc) is 2.68. The normalized spacial score (nSPS) is 11.4. The third-order valence-corrected chi connectivity index (χ3v) is 5.56. The summed E-state index contributed by atoms with van der Waals surface area (Å²) in [6.45, 7) is 2.23. The molecule has 0 bridgehead atoms. The van der Waals surface area contributed by atoms with Crippen molar-refractivity contribution in [3.05, 3.63) is 71.9 Å². The first-order valence-corrected chi connectivity index (χ1v) is 10.1. The number of esters is 1. The second-order valence-electron chi connectivity index (χ2n) is 5.88. The molecule has 0 radical (unpaired) electrons. The fourth-order valence-corrected chi connectivity index (χ4v) is 3.79. The second-order valence-corrected chi connectivity index (χ2v) is 7.65. The number of benzene rings is 2. The van der Waals surface area contributed by atoms with Crippen molar-refractivity contribution in [2.24, 2.45) is 0 Å². The molecule has 0 saturated heterocycles. The van der Waals surface area contributed by atoms with Crippen LogP contribution in [0.1, 0.15) is 22.8 Å². The van der Waals surface area contributed by atoms with Gasteiger partial charge in [-0.15, -0.1) is 0 Å². The van der Waals surface area contributed by atoms with Crippen LogP contribution in [0.5, 0.6) is 0 Å². The van der Waals surface area contributed by atoms with Gasteiger partial charge in [-0.2, -0.15) is 0 Å². The molecule has 2 aromatic carbocycles. The first kappa shape index (κ1) is 19.0. The van der Waals surface area contributed by atoms with Gasteiger partial charge in [-0.3, -0.25) is 4.98 Å². The van der Waals surface area contributed by atoms with Gasteiger partial charge in [0.25, 0.3) is 0 Å². The summed E-state index contributed by atoms with van der Waals surface area (Å²) in [5, 5.41) is 1.02. The minimum absolute atomic E-state index is 0.103. The molecule has 0 fully saturated rings. The maximum atomic E-state index is 12.4. The van der Waals surface area contributed by atoms with Crippen LogP contribution in [0, 0.1) is 0 Å². The Hall–Kier alpha value is -2.77. The summed E-state index contributed by atoms with van der Waals surface area (Å²) in [6.07, 6.45) is 2.25. The molecule has 6 nitrogen and oxygen atoms in total. The molecule has 7 heteroatoms. The minimum atomic E-state index is -3.66. The van der Waals surface area contributed by atoms with Gasteiger partial charge >= 0.3 is 5.97 Å². The lowest BCUT2D eigenvalue weighted by Gasteiger charge is -2.09. The average molecular weight is 384 g/mol. The zero-order chi connectivity index (χ0) is 19.3. The largest absolute Gasteiger partial charge is 0.462 e. The molecule has 0 aliphatic rings. The van der Waals surface area contributed by atoms with Crippen molar-refractivity contribution in [1.29, 1.82) is 0 Å². The van der Waals surface area contributed by atoms with Crippen LogP contribution in [0.25, 0.3) is 10.9 Å². The van der Waals surface area contributed by atoms with E-state index in [0.29, 0.717) is 12.0 Å². The Labute approximate surface area is 158 Å². The van der Waals surface area contributed by atoms with E-state index in [-0.39, 0.29) is 18.0 Å². The monoisotopic (exact) mass is 384 g/mol. The summed E-state index contributed by atoms with van der Waals surface area (Å²) < 4.78 is 32.4. The first-order chi connectivity index (χ1) is 13.0. The van der Waals surface area contributed by atoms with Gasteiger partial charge in [0.2, 0.25) is 10.0 Å². The molecule has 0 aliphatic heterocycles. The number of hydrogen-bond donors (Lipinski definition) is 1. The second kappa shape index (κ2) is 8.28. The highest BCUT2D eigenvalue weighted by molar-refractivity contribution is 7.89. The topological polar surface area (TPSA) is 85.4 Å². The Balaban J connectivity index is 1.67. The Morgan fingerprint density at radius 1 is 1.07 bits per heavy atom. The third-order valence-electron chi connectivity index (χ3n) is 4.08. The van der Waals surface area contributed by atoms with Gasteiger partial charge in [0.15, 0.2) is 0 Å². The van der Waals surface area contributed by atoms with Crippen LogP contribution in [-0.2, 0) is 21.2 Å². The van der Waals surface area contributed by atoms with Gasteiger partial charge in [0, 0.05) is 18.1 Å². The van der Waals surface area contributed by atoms with E-state index in [0.717, 1.165) is 16.5 Å². The van der Waals surface area contributed by atoms with Crippen molar-refractivity contribution in [2.75, 3.05) is 13.2 Å². The Morgan fingerprint density at radius 3 is 2.56 bits per heavy atom. The van der Waals surface area contributed by atoms with Crippen LogP contribution >= 0.6 is 0 Å². The van der Waals surface area contributed by atoms with Crippen molar-refractivity contribution < 1.29 is 17.9 Å². The molecule has 1 heterocycles. The number of nitrogens with one attached hydrogen (secondary N) is 1. The van der Waals surface area contributed by atoms with Crippen LogP contribution < -0.4 is 4.72 Å². The van der Waals surface area contributed by atoms with E-state index >= 15 is 0 Å². The van der Waals surface area contributed by atoms with E-state index in [1.54, 1.807) is 13.1 Å². The highest BCUT2D eigenvalue weighted by atomic mass is 32.2. The number of ether oxygens (including phenoxy) is 1. The van der Waals surface area contributed by atoms with Crippen molar-refractivity contribution in [3.63, 3.8) is 0 Å². The molecule has 0 saturated carbocycles. The van der Waals surface area contributed by atoms with E-state index in [2.05, 4.69) is 9.71 Å². The molecule has 0 spiro atoms. The van der Waals surface area contributed by atoms with E-state index in [4.69, 9.17) is 4.74 Å². The van der Waals surface area contributed by atoms with Gasteiger partial charge in [0.05, 0.1) is 22.6 Å². The van der Waals surface area contributed by atoms with E-state index in [1.165, 1.54) is 24.3 Å². The molecule has 3 rings (SSSR count). The number of aromatic nitrogens is 1. The lowest BCUT2D eigenvalue weighted by Crippen LogP contribution is -2.26. The maximum absolute atomic E-state index is 12.4. The highest BCUT2D eigenvalue weighted by Crippen LogP contribution is 2.16. The van der Waals surface area contributed by atoms with Crippen molar-refractivity contribution in [3.8, 4) is 0 Å². The zero-order valence-corrected chi connectivity index (χ0v) is 15.7. The van der Waals surface area contributed by atoms with Crippen molar-refractivity contribution >= 4 is 26.9 Å². The van der Waals surface area contributed by atoms with Crippen LogP contribution in [0.2, 0.25) is 0 Å². The van der Waals surface area contributed by atoms with Crippen LogP contribution in [0.15, 0.2) is 65.7 Å². The van der Waals surface area contributed by atoms with E-state index in [9.17, 15) is 13.2 Å². The predicted octanol–water partition coefficient (Wildman–Crippen LogP) is 2.93. The zero-order valence-electron chi connectivity index (χ0n) is 14.9. The van der Waals surface area contributed by atoms with Gasteiger partial charge in [0.1, 0.15) is 0 Å². The molecule has 27 heavy (non-hydrogen) atoms. The molecule has 1 N–H and O–H groups in total. The molecule has 0 aliphatic carbocycles. The molecular formula is C20H20N2O4S. The molecule has 0 atom stereocenters. The van der Waals surface area contributed by atoms with Crippen molar-refractivity contribution in [2.45, 2.75) is 18.2 Å². The first-order valence-electron chi connectivity index (χ1n) is 8.61. The number of carbonyl (C=O) groups is 1. The third kappa shape index (κ3) is 4.50. The van der Waals surface area contributed by atoms with Crippen LogP contribution in [0.3, 0.4) is 0 Å². The summed E-state index contributed by atoms with van der Waals surface area (Å²) in [5.41, 5.74) is 2.17.